The van der Waals surface area contributed by atoms with Gasteiger partial charge < -0.3 is 5.32 Å². The van der Waals surface area contributed by atoms with E-state index in [4.69, 9.17) is 11.6 Å². The predicted octanol–water partition coefficient (Wildman–Crippen LogP) is 3.33. The number of carbonyl (C=O) groups is 1. The molecule has 1 saturated heterocycles. The average molecular weight is 429 g/mol. The molecule has 8 heteroatoms. The minimum atomic E-state index is -3.68. The number of fused-ring (bicyclic) bond motifs is 2. The smallest absolute Gasteiger partial charge is 0.223 e. The molecular formula is C20H26ClFN2O3S. The summed E-state index contributed by atoms with van der Waals surface area (Å²) in [6.07, 6.45) is 5.82. The zero-order valence-electron chi connectivity index (χ0n) is 15.7. The van der Waals surface area contributed by atoms with Crippen molar-refractivity contribution in [3.05, 3.63) is 34.6 Å². The van der Waals surface area contributed by atoms with Gasteiger partial charge in [0.1, 0.15) is 5.82 Å². The fraction of sp³-hybridized carbons (Fsp3) is 0.650. The van der Waals surface area contributed by atoms with Crippen LogP contribution in [-0.4, -0.2) is 37.8 Å². The number of hydrogen-bond donors (Lipinski definition) is 1. The van der Waals surface area contributed by atoms with Gasteiger partial charge in [-0.05, 0) is 56.1 Å². The van der Waals surface area contributed by atoms with Crippen LogP contribution in [0.3, 0.4) is 0 Å². The Morgan fingerprint density at radius 1 is 1.18 bits per heavy atom. The van der Waals surface area contributed by atoms with E-state index >= 15 is 0 Å². The molecule has 1 aliphatic heterocycles. The molecule has 0 aromatic heterocycles. The molecule has 0 unspecified atom stereocenters. The van der Waals surface area contributed by atoms with Gasteiger partial charge in [0.2, 0.25) is 15.9 Å². The molecule has 5 nitrogen and oxygen atoms in total. The number of hydrogen-bond acceptors (Lipinski definition) is 3. The molecule has 3 aliphatic rings. The van der Waals surface area contributed by atoms with E-state index in [-0.39, 0.29) is 35.5 Å². The lowest BCUT2D eigenvalue weighted by Gasteiger charge is -2.32. The molecule has 154 valence electrons. The number of halogens is 2. The van der Waals surface area contributed by atoms with E-state index in [0.29, 0.717) is 24.8 Å². The highest BCUT2D eigenvalue weighted by Gasteiger charge is 2.41. The van der Waals surface area contributed by atoms with E-state index in [1.807, 2.05) is 0 Å². The maximum atomic E-state index is 14.0. The molecular weight excluding hydrogens is 403 g/mol. The van der Waals surface area contributed by atoms with Gasteiger partial charge in [0.15, 0.2) is 0 Å². The number of piperidine rings is 1. The first-order valence-electron chi connectivity index (χ1n) is 10.0. The Kier molecular flexibility index (Phi) is 5.69. The van der Waals surface area contributed by atoms with Gasteiger partial charge in [-0.25, -0.2) is 17.1 Å². The van der Waals surface area contributed by atoms with Crippen LogP contribution in [0.25, 0.3) is 0 Å². The van der Waals surface area contributed by atoms with Crippen molar-refractivity contribution in [3.63, 3.8) is 0 Å². The largest absolute Gasteiger partial charge is 0.353 e. The molecule has 1 amide bonds. The van der Waals surface area contributed by atoms with Crippen LogP contribution in [0.5, 0.6) is 0 Å². The summed E-state index contributed by atoms with van der Waals surface area (Å²) in [6.45, 7) is 0.562. The van der Waals surface area contributed by atoms with Crippen molar-refractivity contribution in [3.8, 4) is 0 Å². The Bertz CT molecular complexity index is 835. The fourth-order valence-electron chi connectivity index (χ4n) is 5.06. The number of nitrogens with one attached hydrogen (secondary N) is 1. The minimum Gasteiger partial charge on any atom is -0.353 e. The van der Waals surface area contributed by atoms with E-state index < -0.39 is 21.6 Å². The average Bonchev–Trinajstić information content (AvgIpc) is 3.28. The van der Waals surface area contributed by atoms with Crippen LogP contribution in [0.15, 0.2) is 18.2 Å². The van der Waals surface area contributed by atoms with Crippen LogP contribution in [0, 0.1) is 23.6 Å². The lowest BCUT2D eigenvalue weighted by molar-refractivity contribution is -0.127. The van der Waals surface area contributed by atoms with Gasteiger partial charge in [-0.3, -0.25) is 4.79 Å². The van der Waals surface area contributed by atoms with Gasteiger partial charge in [-0.15, -0.1) is 0 Å². The third-order valence-corrected chi connectivity index (χ3v) is 8.83. The zero-order chi connectivity index (χ0) is 19.9. The fourth-order valence-corrected chi connectivity index (χ4v) is 6.98. The zero-order valence-corrected chi connectivity index (χ0v) is 17.3. The van der Waals surface area contributed by atoms with Crippen LogP contribution in [0.1, 0.15) is 44.1 Å². The standard InChI is InChI=1S/C20H26ClFN2O3S/c21-17-2-1-3-18(22)16(17)12-28(26,27)24-8-6-14(7-9-24)20(25)23-19-11-13-4-5-15(19)10-13/h1-3,13-15,19H,4-12H2,(H,23,25)/t13-,15-,19-/m1/s1. The highest BCUT2D eigenvalue weighted by atomic mass is 35.5. The Labute approximate surface area is 170 Å². The SMILES string of the molecule is O=C(N[C@@H]1C[C@@H]2CC[C@@H]1C2)C1CCN(S(=O)(=O)Cc2c(F)cccc2Cl)CC1. The number of sulfonamides is 1. The van der Waals surface area contributed by atoms with Gasteiger partial charge in [0.05, 0.1) is 5.75 Å². The van der Waals surface area contributed by atoms with Crippen LogP contribution in [0.4, 0.5) is 4.39 Å². The van der Waals surface area contributed by atoms with Crippen LogP contribution in [-0.2, 0) is 20.6 Å². The first-order chi connectivity index (χ1) is 13.3. The lowest BCUT2D eigenvalue weighted by atomic mass is 9.93. The van der Waals surface area contributed by atoms with Crippen molar-refractivity contribution in [1.29, 1.82) is 0 Å². The Morgan fingerprint density at radius 3 is 2.54 bits per heavy atom. The topological polar surface area (TPSA) is 66.5 Å². The van der Waals surface area contributed by atoms with Crippen molar-refractivity contribution in [2.75, 3.05) is 13.1 Å². The maximum Gasteiger partial charge on any atom is 0.223 e. The van der Waals surface area contributed by atoms with Crippen LogP contribution in [0.2, 0.25) is 5.02 Å². The molecule has 3 fully saturated rings. The normalized spacial score (nSPS) is 28.6. The lowest BCUT2D eigenvalue weighted by Crippen LogP contribution is -2.46. The van der Waals surface area contributed by atoms with Crippen LogP contribution >= 0.6 is 11.6 Å². The molecule has 0 spiro atoms. The van der Waals surface area contributed by atoms with Crippen LogP contribution < -0.4 is 5.32 Å². The second-order valence-corrected chi connectivity index (χ2v) is 10.8. The number of rotatable bonds is 5. The summed E-state index contributed by atoms with van der Waals surface area (Å²) in [7, 11) is -3.68. The Balaban J connectivity index is 1.32. The first kappa shape index (κ1) is 20.1. The van der Waals surface area contributed by atoms with E-state index in [0.717, 1.165) is 12.3 Å². The highest BCUT2D eigenvalue weighted by Crippen LogP contribution is 2.44. The van der Waals surface area contributed by atoms with Crippen molar-refractivity contribution in [2.24, 2.45) is 17.8 Å². The predicted molar refractivity (Wildman–Crippen MR) is 106 cm³/mol. The van der Waals surface area contributed by atoms with Crippen molar-refractivity contribution in [1.82, 2.24) is 9.62 Å². The third-order valence-electron chi connectivity index (χ3n) is 6.67. The quantitative estimate of drug-likeness (QED) is 0.782. The second-order valence-electron chi connectivity index (χ2n) is 8.42. The maximum absolute atomic E-state index is 14.0. The van der Waals surface area contributed by atoms with Crippen molar-refractivity contribution < 1.29 is 17.6 Å². The number of amides is 1. The van der Waals surface area contributed by atoms with E-state index in [9.17, 15) is 17.6 Å². The molecule has 28 heavy (non-hydrogen) atoms. The molecule has 1 aromatic carbocycles. The first-order valence-corrected chi connectivity index (χ1v) is 12.0. The second kappa shape index (κ2) is 7.92. The van der Waals surface area contributed by atoms with E-state index in [1.165, 1.54) is 41.8 Å². The summed E-state index contributed by atoms with van der Waals surface area (Å²) in [5, 5.41) is 3.33. The summed E-state index contributed by atoms with van der Waals surface area (Å²) in [5.41, 5.74) is 0.000296. The van der Waals surface area contributed by atoms with Gasteiger partial charge in [0, 0.05) is 35.6 Å². The van der Waals surface area contributed by atoms with Gasteiger partial charge in [-0.2, -0.15) is 0 Å². The van der Waals surface area contributed by atoms with E-state index in [1.54, 1.807) is 0 Å². The molecule has 4 rings (SSSR count). The summed E-state index contributed by atoms with van der Waals surface area (Å²) in [5.74, 6) is 0.235. The summed E-state index contributed by atoms with van der Waals surface area (Å²) >= 11 is 5.97. The molecule has 3 atom stereocenters. The van der Waals surface area contributed by atoms with Gasteiger partial charge in [-0.1, -0.05) is 24.1 Å². The molecule has 2 bridgehead atoms. The molecule has 1 heterocycles. The summed E-state index contributed by atoms with van der Waals surface area (Å²) in [6, 6.07) is 4.45. The Morgan fingerprint density at radius 2 is 1.93 bits per heavy atom. The van der Waals surface area contributed by atoms with Crippen molar-refractivity contribution >= 4 is 27.5 Å². The summed E-state index contributed by atoms with van der Waals surface area (Å²) < 4.78 is 40.7. The molecule has 1 N–H and O–H groups in total. The summed E-state index contributed by atoms with van der Waals surface area (Å²) in [4.78, 5) is 12.6. The van der Waals surface area contributed by atoms with Crippen molar-refractivity contribution in [2.45, 2.75) is 50.3 Å². The minimum absolute atomic E-state index is 0.000296. The molecule has 0 radical (unpaired) electrons. The van der Waals surface area contributed by atoms with E-state index in [2.05, 4.69) is 5.32 Å². The number of benzene rings is 1. The van der Waals surface area contributed by atoms with Gasteiger partial charge >= 0.3 is 0 Å². The number of nitrogens with zero attached hydrogens (tertiary/aromatic N) is 1. The highest BCUT2D eigenvalue weighted by molar-refractivity contribution is 7.88. The molecule has 2 saturated carbocycles. The van der Waals surface area contributed by atoms with Gasteiger partial charge in [0.25, 0.3) is 0 Å². The monoisotopic (exact) mass is 428 g/mol. The molecule has 1 aromatic rings. The third kappa shape index (κ3) is 4.07. The Hall–Kier alpha value is -1.18. The number of carbonyl (C=O) groups excluding carboxylic acids is 1. The molecule has 2 aliphatic carbocycles.